The fourth-order valence-electron chi connectivity index (χ4n) is 1.89. The molecule has 7 nitrogen and oxygen atoms in total. The number of hydrogen-bond donors (Lipinski definition) is 2. The molecule has 0 bridgehead atoms. The van der Waals surface area contributed by atoms with Crippen LogP contribution in [-0.2, 0) is 11.3 Å². The Morgan fingerprint density at radius 3 is 2.78 bits per heavy atom. The van der Waals surface area contributed by atoms with Crippen molar-refractivity contribution in [3.05, 3.63) is 21.6 Å². The highest BCUT2D eigenvalue weighted by molar-refractivity contribution is 5.96. The van der Waals surface area contributed by atoms with Crippen LogP contribution in [0.2, 0.25) is 0 Å². The maximum Gasteiger partial charge on any atom is 0.278 e. The first-order valence-electron chi connectivity index (χ1n) is 5.71. The summed E-state index contributed by atoms with van der Waals surface area (Å²) < 4.78 is 5.21. The Balaban J connectivity index is 2.25. The molecule has 2 rings (SSSR count). The minimum atomic E-state index is -0.661. The highest BCUT2D eigenvalue weighted by atomic mass is 16.5. The first-order chi connectivity index (χ1) is 8.59. The third-order valence-electron chi connectivity index (χ3n) is 2.86. The first kappa shape index (κ1) is 12.7. The molecule has 7 heteroatoms. The fourth-order valence-corrected chi connectivity index (χ4v) is 1.89. The maximum atomic E-state index is 11.4. The molecule has 0 spiro atoms. The van der Waals surface area contributed by atoms with Gasteiger partial charge in [0.15, 0.2) is 11.5 Å². The summed E-state index contributed by atoms with van der Waals surface area (Å²) in [4.78, 5) is 24.7. The third kappa shape index (κ3) is 2.57. The van der Waals surface area contributed by atoms with Crippen molar-refractivity contribution in [3.63, 3.8) is 0 Å². The van der Waals surface area contributed by atoms with E-state index in [4.69, 9.17) is 4.74 Å². The van der Waals surface area contributed by atoms with E-state index < -0.39 is 11.3 Å². The van der Waals surface area contributed by atoms with Crippen LogP contribution in [0.15, 0.2) is 4.79 Å². The molecule has 1 aliphatic rings. The van der Waals surface area contributed by atoms with Crippen LogP contribution in [0, 0.1) is 0 Å². The molecule has 1 fully saturated rings. The van der Waals surface area contributed by atoms with Crippen LogP contribution in [0.4, 0.5) is 0 Å². The highest BCUT2D eigenvalue weighted by Gasteiger charge is 2.19. The monoisotopic (exact) mass is 253 g/mol. The normalized spacial score (nSPS) is 16.7. The number of morpholine rings is 1. The van der Waals surface area contributed by atoms with Gasteiger partial charge in [-0.05, 0) is 6.92 Å². The molecule has 2 N–H and O–H groups in total. The van der Waals surface area contributed by atoms with E-state index in [0.29, 0.717) is 25.5 Å². The molecule has 0 aromatic carbocycles. The van der Waals surface area contributed by atoms with Gasteiger partial charge < -0.3 is 9.84 Å². The van der Waals surface area contributed by atoms with Gasteiger partial charge >= 0.3 is 0 Å². The van der Waals surface area contributed by atoms with E-state index in [1.165, 1.54) is 6.92 Å². The summed E-state index contributed by atoms with van der Waals surface area (Å²) in [6.07, 6.45) is 0. The van der Waals surface area contributed by atoms with Crippen molar-refractivity contribution in [2.75, 3.05) is 26.3 Å². The van der Waals surface area contributed by atoms with Crippen LogP contribution < -0.4 is 5.56 Å². The minimum absolute atomic E-state index is 0.228. The zero-order valence-corrected chi connectivity index (χ0v) is 10.1. The summed E-state index contributed by atoms with van der Waals surface area (Å²) in [5.41, 5.74) is -0.583. The van der Waals surface area contributed by atoms with Crippen LogP contribution in [0.25, 0.3) is 0 Å². The Kier molecular flexibility index (Phi) is 3.73. The lowest BCUT2D eigenvalue weighted by molar-refractivity contribution is 0.0331. The fraction of sp³-hybridized carbons (Fsp3) is 0.545. The van der Waals surface area contributed by atoms with Gasteiger partial charge in [-0.25, -0.2) is 5.10 Å². The molecule has 0 aliphatic carbocycles. The van der Waals surface area contributed by atoms with Crippen molar-refractivity contribution >= 4 is 5.78 Å². The molecule has 0 saturated carbocycles. The molecule has 1 aromatic rings. The van der Waals surface area contributed by atoms with Crippen LogP contribution in [0.3, 0.4) is 0 Å². The van der Waals surface area contributed by atoms with Crippen molar-refractivity contribution < 1.29 is 14.6 Å². The maximum absolute atomic E-state index is 11.4. The molecule has 18 heavy (non-hydrogen) atoms. The first-order valence-corrected chi connectivity index (χ1v) is 5.71. The summed E-state index contributed by atoms with van der Waals surface area (Å²) in [6.45, 7) is 4.34. The number of ketones is 1. The lowest BCUT2D eigenvalue weighted by atomic mass is 10.1. The topological polar surface area (TPSA) is 95.5 Å². The molecule has 0 radical (unpaired) electrons. The van der Waals surface area contributed by atoms with Crippen molar-refractivity contribution in [1.29, 1.82) is 0 Å². The molecule has 98 valence electrons. The number of carbonyl (C=O) groups excluding carboxylic acids is 1. The quantitative estimate of drug-likeness (QED) is 0.706. The van der Waals surface area contributed by atoms with Gasteiger partial charge in [-0.15, -0.1) is 0 Å². The van der Waals surface area contributed by atoms with Crippen molar-refractivity contribution in [3.8, 4) is 5.75 Å². The zero-order valence-electron chi connectivity index (χ0n) is 10.1. The van der Waals surface area contributed by atoms with Gasteiger partial charge in [-0.3, -0.25) is 14.5 Å². The van der Waals surface area contributed by atoms with Gasteiger partial charge in [0.2, 0.25) is 0 Å². The van der Waals surface area contributed by atoms with E-state index in [1.54, 1.807) is 0 Å². The molecule has 2 heterocycles. The van der Waals surface area contributed by atoms with Crippen LogP contribution in [0.5, 0.6) is 5.75 Å². The van der Waals surface area contributed by atoms with E-state index in [9.17, 15) is 14.7 Å². The number of Topliss-reactive ketones (excluding diaryl/α,β-unsaturated/α-hetero) is 1. The number of aromatic nitrogens is 2. The number of hydrogen-bond acceptors (Lipinski definition) is 6. The zero-order chi connectivity index (χ0) is 13.1. The van der Waals surface area contributed by atoms with Gasteiger partial charge in [0.25, 0.3) is 5.56 Å². The Morgan fingerprint density at radius 2 is 2.17 bits per heavy atom. The summed E-state index contributed by atoms with van der Waals surface area (Å²) >= 11 is 0. The predicted octanol–water partition coefficient (Wildman–Crippen LogP) is -0.490. The molecule has 1 aliphatic heterocycles. The Morgan fingerprint density at radius 1 is 1.50 bits per heavy atom. The number of aromatic amines is 1. The number of carbonyl (C=O) groups is 1. The summed E-state index contributed by atoms with van der Waals surface area (Å²) in [5, 5.41) is 15.9. The second kappa shape index (κ2) is 5.28. The van der Waals surface area contributed by atoms with E-state index in [0.717, 1.165) is 13.1 Å². The van der Waals surface area contributed by atoms with Gasteiger partial charge in [0, 0.05) is 19.6 Å². The molecular weight excluding hydrogens is 238 g/mol. The Labute approximate surface area is 103 Å². The second-order valence-electron chi connectivity index (χ2n) is 4.17. The number of nitrogens with zero attached hydrogens (tertiary/aromatic N) is 2. The largest absolute Gasteiger partial charge is 0.505 e. The lowest BCUT2D eigenvalue weighted by Gasteiger charge is -2.26. The molecule has 1 saturated heterocycles. The smallest absolute Gasteiger partial charge is 0.278 e. The Bertz CT molecular complexity index is 506. The predicted molar refractivity (Wildman–Crippen MR) is 62.6 cm³/mol. The number of aromatic hydroxyl groups is 1. The van der Waals surface area contributed by atoms with E-state index in [1.807, 2.05) is 4.90 Å². The number of ether oxygens (including phenoxy) is 1. The van der Waals surface area contributed by atoms with Crippen LogP contribution in [0.1, 0.15) is 23.0 Å². The minimum Gasteiger partial charge on any atom is -0.505 e. The van der Waals surface area contributed by atoms with Crippen molar-refractivity contribution in [1.82, 2.24) is 15.1 Å². The summed E-state index contributed by atoms with van der Waals surface area (Å²) in [6, 6.07) is 0. The average Bonchev–Trinajstić information content (AvgIpc) is 2.34. The van der Waals surface area contributed by atoms with Crippen molar-refractivity contribution in [2.24, 2.45) is 0 Å². The average molecular weight is 253 g/mol. The molecular formula is C11H15N3O4. The number of nitrogens with one attached hydrogen (secondary N) is 1. The standard InChI is InChI=1S/C11H15N3O4/c1-7(15)9-10(16)8(12-13-11(9)17)6-14-2-4-18-5-3-14/h2-6H2,1H3,(H2,13,16,17). The molecule has 1 aromatic heterocycles. The Hall–Kier alpha value is -1.73. The van der Waals surface area contributed by atoms with Gasteiger partial charge in [-0.1, -0.05) is 0 Å². The summed E-state index contributed by atoms with van der Waals surface area (Å²) in [5.74, 6) is -0.794. The van der Waals surface area contributed by atoms with E-state index >= 15 is 0 Å². The van der Waals surface area contributed by atoms with Crippen molar-refractivity contribution in [2.45, 2.75) is 13.5 Å². The summed E-state index contributed by atoms with van der Waals surface area (Å²) in [7, 11) is 0. The van der Waals surface area contributed by atoms with E-state index in [2.05, 4.69) is 10.2 Å². The second-order valence-corrected chi connectivity index (χ2v) is 4.17. The van der Waals surface area contributed by atoms with E-state index in [-0.39, 0.29) is 11.3 Å². The van der Waals surface area contributed by atoms with Gasteiger partial charge in [0.1, 0.15) is 11.3 Å². The number of rotatable bonds is 3. The van der Waals surface area contributed by atoms with Gasteiger partial charge in [0.05, 0.1) is 13.2 Å². The van der Waals surface area contributed by atoms with Gasteiger partial charge in [-0.2, -0.15) is 5.10 Å². The molecule has 0 amide bonds. The number of H-pyrrole nitrogens is 1. The SMILES string of the molecule is CC(=O)c1c(O)c(CN2CCOCC2)n[nH]c1=O. The third-order valence-corrected chi connectivity index (χ3v) is 2.86. The molecule has 0 atom stereocenters. The van der Waals surface area contributed by atoms with Crippen LogP contribution in [-0.4, -0.2) is 52.3 Å². The highest BCUT2D eigenvalue weighted by Crippen LogP contribution is 2.19. The lowest BCUT2D eigenvalue weighted by Crippen LogP contribution is -2.36. The molecule has 0 unspecified atom stereocenters. The van der Waals surface area contributed by atoms with Crippen LogP contribution >= 0.6 is 0 Å².